The second kappa shape index (κ2) is 6.32. The van der Waals surface area contributed by atoms with E-state index in [2.05, 4.69) is 26.2 Å². The molecule has 0 radical (unpaired) electrons. The van der Waals surface area contributed by atoms with E-state index >= 15 is 0 Å². The molecule has 1 nitrogen and oxygen atoms in total. The fourth-order valence-electron chi connectivity index (χ4n) is 2.23. The molecule has 0 fully saturated rings. The Labute approximate surface area is 143 Å². The van der Waals surface area contributed by atoms with Crippen LogP contribution in [-0.4, -0.2) is 20.6 Å². The SMILES string of the molecule is C[Si](C)(Cl)c1cccc(C(=O)c2cccc([Si](C)(C)Cl)c2)c1. The summed E-state index contributed by atoms with van der Waals surface area (Å²) in [7, 11) is -3.89. The van der Waals surface area contributed by atoms with E-state index in [0.29, 0.717) is 11.1 Å². The summed E-state index contributed by atoms with van der Waals surface area (Å²) >= 11 is 13.0. The van der Waals surface area contributed by atoms with Crippen LogP contribution in [0.4, 0.5) is 0 Å². The van der Waals surface area contributed by atoms with Gasteiger partial charge in [0.15, 0.2) is 20.6 Å². The first-order valence-electron chi connectivity index (χ1n) is 7.22. The third kappa shape index (κ3) is 4.10. The number of carbonyl (C=O) groups is 1. The summed E-state index contributed by atoms with van der Waals surface area (Å²) in [6, 6.07) is 15.4. The first-order valence-corrected chi connectivity index (χ1v) is 15.2. The first kappa shape index (κ1) is 17.5. The smallest absolute Gasteiger partial charge is 0.193 e. The molecule has 0 unspecified atom stereocenters. The summed E-state index contributed by atoms with van der Waals surface area (Å²) in [5, 5.41) is 2.14. The molecule has 0 spiro atoms. The van der Waals surface area contributed by atoms with Crippen LogP contribution in [0.1, 0.15) is 15.9 Å². The highest BCUT2D eigenvalue weighted by Crippen LogP contribution is 2.15. The molecule has 0 N–H and O–H groups in total. The van der Waals surface area contributed by atoms with Crippen molar-refractivity contribution in [3.05, 3.63) is 59.7 Å². The third-order valence-electron chi connectivity index (χ3n) is 3.62. The number of rotatable bonds is 4. The van der Waals surface area contributed by atoms with Crippen molar-refractivity contribution in [2.45, 2.75) is 26.2 Å². The number of halogens is 2. The molecule has 0 aliphatic rings. The van der Waals surface area contributed by atoms with E-state index < -0.39 is 14.8 Å². The zero-order valence-electron chi connectivity index (χ0n) is 13.3. The molecule has 0 bridgehead atoms. The van der Waals surface area contributed by atoms with Gasteiger partial charge in [-0.05, 0) is 10.4 Å². The van der Waals surface area contributed by atoms with Crippen LogP contribution in [0.25, 0.3) is 0 Å². The van der Waals surface area contributed by atoms with Gasteiger partial charge in [0.05, 0.1) is 0 Å². The van der Waals surface area contributed by atoms with Crippen molar-refractivity contribution >= 4 is 53.1 Å². The van der Waals surface area contributed by atoms with Gasteiger partial charge in [0, 0.05) is 11.1 Å². The molecular formula is C17H20Cl2OSi2. The summed E-state index contributed by atoms with van der Waals surface area (Å²) in [4.78, 5) is 12.7. The quantitative estimate of drug-likeness (QED) is 0.449. The fraction of sp³-hybridized carbons (Fsp3) is 0.235. The summed E-state index contributed by atoms with van der Waals surface area (Å²) in [5.41, 5.74) is 1.37. The number of ketones is 1. The van der Waals surface area contributed by atoms with Crippen molar-refractivity contribution in [3.8, 4) is 0 Å². The van der Waals surface area contributed by atoms with Crippen LogP contribution in [0.2, 0.25) is 26.2 Å². The molecule has 116 valence electrons. The zero-order valence-corrected chi connectivity index (χ0v) is 16.8. The molecule has 2 aromatic carbocycles. The lowest BCUT2D eigenvalue weighted by Crippen LogP contribution is -2.36. The van der Waals surface area contributed by atoms with Gasteiger partial charge in [0.2, 0.25) is 0 Å². The summed E-state index contributed by atoms with van der Waals surface area (Å²) < 4.78 is 0. The molecule has 22 heavy (non-hydrogen) atoms. The molecule has 2 rings (SSSR count). The Morgan fingerprint density at radius 2 is 1.14 bits per heavy atom. The van der Waals surface area contributed by atoms with E-state index in [1.54, 1.807) is 0 Å². The Balaban J connectivity index is 2.41. The fourth-order valence-corrected chi connectivity index (χ4v) is 4.91. The van der Waals surface area contributed by atoms with E-state index in [1.165, 1.54) is 0 Å². The van der Waals surface area contributed by atoms with E-state index in [-0.39, 0.29) is 5.78 Å². The topological polar surface area (TPSA) is 17.1 Å². The van der Waals surface area contributed by atoms with Crippen LogP contribution in [-0.2, 0) is 0 Å². The molecule has 0 heterocycles. The second-order valence-corrected chi connectivity index (χ2v) is 19.1. The van der Waals surface area contributed by atoms with Gasteiger partial charge in [-0.15, -0.1) is 0 Å². The monoisotopic (exact) mass is 366 g/mol. The van der Waals surface area contributed by atoms with Gasteiger partial charge in [-0.1, -0.05) is 74.7 Å². The predicted octanol–water partition coefficient (Wildman–Crippen LogP) is 4.22. The first-order chi connectivity index (χ1) is 10.1. The van der Waals surface area contributed by atoms with E-state index in [0.717, 1.165) is 10.4 Å². The zero-order chi connectivity index (χ0) is 16.5. The van der Waals surface area contributed by atoms with E-state index in [9.17, 15) is 4.79 Å². The van der Waals surface area contributed by atoms with Crippen LogP contribution >= 0.6 is 22.2 Å². The van der Waals surface area contributed by atoms with Gasteiger partial charge >= 0.3 is 0 Å². The number of benzene rings is 2. The van der Waals surface area contributed by atoms with Crippen LogP contribution in [0.5, 0.6) is 0 Å². The second-order valence-electron chi connectivity index (χ2n) is 6.44. The summed E-state index contributed by atoms with van der Waals surface area (Å²) in [6.45, 7) is 8.22. The molecule has 0 saturated heterocycles. The van der Waals surface area contributed by atoms with Gasteiger partial charge in [-0.3, -0.25) is 4.79 Å². The third-order valence-corrected chi connectivity index (χ3v) is 8.30. The maximum Gasteiger partial charge on any atom is 0.193 e. The molecule has 0 saturated carbocycles. The number of hydrogen-bond donors (Lipinski definition) is 0. The highest BCUT2D eigenvalue weighted by molar-refractivity contribution is 7.26. The Morgan fingerprint density at radius 3 is 1.45 bits per heavy atom. The summed E-state index contributed by atoms with van der Waals surface area (Å²) in [5.74, 6) is 0.0218. The average molecular weight is 367 g/mol. The molecule has 0 amide bonds. The molecule has 2 aromatic rings. The Bertz CT molecular complexity index is 641. The Hall–Kier alpha value is -0.876. The Morgan fingerprint density at radius 1 is 0.773 bits per heavy atom. The maximum atomic E-state index is 12.7. The van der Waals surface area contributed by atoms with Crippen molar-refractivity contribution in [2.75, 3.05) is 0 Å². The standard InChI is InChI=1S/C17H20Cl2OSi2/c1-21(2,18)15-9-5-7-13(11-15)17(20)14-8-6-10-16(12-14)22(3,4)19/h5-12H,1-4H3. The average Bonchev–Trinajstić information content (AvgIpc) is 2.45. The molecule has 0 aliphatic heterocycles. The summed E-state index contributed by atoms with van der Waals surface area (Å²) in [6.07, 6.45) is 0. The van der Waals surface area contributed by atoms with Crippen molar-refractivity contribution in [1.82, 2.24) is 0 Å². The lowest BCUT2D eigenvalue weighted by atomic mass is 10.0. The minimum absolute atomic E-state index is 0.0218. The van der Waals surface area contributed by atoms with Gasteiger partial charge in [-0.2, -0.15) is 22.2 Å². The minimum atomic E-state index is -1.95. The highest BCUT2D eigenvalue weighted by atomic mass is 35.6. The molecule has 5 heteroatoms. The Kier molecular flexibility index (Phi) is 5.02. The van der Waals surface area contributed by atoms with Crippen LogP contribution in [0.15, 0.2) is 48.5 Å². The lowest BCUT2D eigenvalue weighted by molar-refractivity contribution is 0.103. The normalized spacial score (nSPS) is 12.3. The van der Waals surface area contributed by atoms with Crippen molar-refractivity contribution in [1.29, 1.82) is 0 Å². The largest absolute Gasteiger partial charge is 0.289 e. The maximum absolute atomic E-state index is 12.7. The van der Waals surface area contributed by atoms with Gasteiger partial charge in [-0.25, -0.2) is 0 Å². The van der Waals surface area contributed by atoms with Gasteiger partial charge in [0.25, 0.3) is 0 Å². The number of hydrogen-bond acceptors (Lipinski definition) is 1. The predicted molar refractivity (Wildman–Crippen MR) is 102 cm³/mol. The van der Waals surface area contributed by atoms with Gasteiger partial charge < -0.3 is 0 Å². The number of carbonyl (C=O) groups excluding carboxylic acids is 1. The molecular weight excluding hydrogens is 347 g/mol. The van der Waals surface area contributed by atoms with Crippen molar-refractivity contribution in [2.24, 2.45) is 0 Å². The molecule has 0 aliphatic carbocycles. The van der Waals surface area contributed by atoms with Crippen LogP contribution in [0, 0.1) is 0 Å². The van der Waals surface area contributed by atoms with Crippen molar-refractivity contribution in [3.63, 3.8) is 0 Å². The molecule has 0 aromatic heterocycles. The van der Waals surface area contributed by atoms with Crippen LogP contribution in [0.3, 0.4) is 0 Å². The van der Waals surface area contributed by atoms with E-state index in [4.69, 9.17) is 22.2 Å². The minimum Gasteiger partial charge on any atom is -0.289 e. The highest BCUT2D eigenvalue weighted by Gasteiger charge is 2.23. The van der Waals surface area contributed by atoms with Crippen LogP contribution < -0.4 is 10.4 Å². The van der Waals surface area contributed by atoms with Gasteiger partial charge in [0.1, 0.15) is 0 Å². The molecule has 0 atom stereocenters. The van der Waals surface area contributed by atoms with Crippen molar-refractivity contribution < 1.29 is 4.79 Å². The lowest BCUT2D eigenvalue weighted by Gasteiger charge is -2.16. The van der Waals surface area contributed by atoms with E-state index in [1.807, 2.05) is 48.5 Å².